The minimum Gasteiger partial charge on any atom is -0.378 e. The topological polar surface area (TPSA) is 67.4 Å². The van der Waals surface area contributed by atoms with Gasteiger partial charge in [0.05, 0.1) is 18.2 Å². The van der Waals surface area contributed by atoms with E-state index in [1.165, 1.54) is 6.08 Å². The van der Waals surface area contributed by atoms with Gasteiger partial charge in [0.1, 0.15) is 5.82 Å². The SMILES string of the molecule is Cc1ncc(/C=C\C(=O)NCc2ccc(N3CCOCC3)nc2)s1. The fourth-order valence-corrected chi connectivity index (χ4v) is 3.05. The molecule has 6 nitrogen and oxygen atoms in total. The molecule has 0 aliphatic carbocycles. The quantitative estimate of drug-likeness (QED) is 0.841. The number of ether oxygens (including phenoxy) is 1. The number of hydrogen-bond donors (Lipinski definition) is 1. The van der Waals surface area contributed by atoms with Gasteiger partial charge < -0.3 is 15.0 Å². The molecule has 24 heavy (non-hydrogen) atoms. The highest BCUT2D eigenvalue weighted by Gasteiger charge is 2.11. The molecule has 1 N–H and O–H groups in total. The zero-order valence-electron chi connectivity index (χ0n) is 13.6. The second kappa shape index (κ2) is 8.03. The number of carbonyl (C=O) groups is 1. The molecule has 1 aliphatic rings. The van der Waals surface area contributed by atoms with E-state index in [9.17, 15) is 4.79 Å². The lowest BCUT2D eigenvalue weighted by Gasteiger charge is -2.27. The molecule has 3 heterocycles. The third kappa shape index (κ3) is 4.62. The molecule has 1 amide bonds. The molecule has 0 unspecified atom stereocenters. The summed E-state index contributed by atoms with van der Waals surface area (Å²) in [5.41, 5.74) is 0.974. The number of morpholine rings is 1. The molecule has 0 aromatic carbocycles. The summed E-state index contributed by atoms with van der Waals surface area (Å²) in [7, 11) is 0. The Bertz CT molecular complexity index is 706. The van der Waals surface area contributed by atoms with Crippen LogP contribution in [0.5, 0.6) is 0 Å². The molecule has 0 radical (unpaired) electrons. The van der Waals surface area contributed by atoms with E-state index in [2.05, 4.69) is 20.2 Å². The first kappa shape index (κ1) is 16.6. The van der Waals surface area contributed by atoms with Crippen LogP contribution in [0.25, 0.3) is 6.08 Å². The third-order valence-electron chi connectivity index (χ3n) is 3.65. The van der Waals surface area contributed by atoms with Gasteiger partial charge in [0.15, 0.2) is 0 Å². The number of pyridine rings is 1. The van der Waals surface area contributed by atoms with Crippen LogP contribution in [0.15, 0.2) is 30.6 Å². The van der Waals surface area contributed by atoms with E-state index in [4.69, 9.17) is 4.74 Å². The molecule has 0 saturated carbocycles. The average Bonchev–Trinajstić information content (AvgIpc) is 3.05. The Morgan fingerprint density at radius 1 is 1.33 bits per heavy atom. The van der Waals surface area contributed by atoms with Crippen LogP contribution in [-0.2, 0) is 16.1 Å². The van der Waals surface area contributed by atoms with Crippen molar-refractivity contribution >= 4 is 29.1 Å². The van der Waals surface area contributed by atoms with Gasteiger partial charge in [-0.05, 0) is 24.6 Å². The number of nitrogens with one attached hydrogen (secondary N) is 1. The van der Waals surface area contributed by atoms with Crippen molar-refractivity contribution in [1.29, 1.82) is 0 Å². The van der Waals surface area contributed by atoms with Crippen LogP contribution in [0.1, 0.15) is 15.4 Å². The molecule has 0 spiro atoms. The molecule has 3 rings (SSSR count). The first-order valence-corrected chi connectivity index (χ1v) is 8.68. The van der Waals surface area contributed by atoms with Crippen molar-refractivity contribution in [2.24, 2.45) is 0 Å². The largest absolute Gasteiger partial charge is 0.378 e. The minimum atomic E-state index is -0.127. The van der Waals surface area contributed by atoms with Crippen molar-refractivity contribution in [3.63, 3.8) is 0 Å². The number of nitrogens with zero attached hydrogens (tertiary/aromatic N) is 3. The molecular formula is C17H20N4O2S. The van der Waals surface area contributed by atoms with E-state index in [1.807, 2.05) is 19.1 Å². The molecule has 1 saturated heterocycles. The van der Waals surface area contributed by atoms with Gasteiger partial charge >= 0.3 is 0 Å². The lowest BCUT2D eigenvalue weighted by Crippen LogP contribution is -2.36. The molecule has 1 fully saturated rings. The van der Waals surface area contributed by atoms with Gasteiger partial charge in [-0.15, -0.1) is 11.3 Å². The first-order valence-electron chi connectivity index (χ1n) is 7.87. The zero-order valence-corrected chi connectivity index (χ0v) is 14.4. The maximum absolute atomic E-state index is 11.9. The number of thiazole rings is 1. The molecule has 0 bridgehead atoms. The van der Waals surface area contributed by atoms with Gasteiger partial charge in [-0.25, -0.2) is 9.97 Å². The maximum Gasteiger partial charge on any atom is 0.244 e. The number of aromatic nitrogens is 2. The monoisotopic (exact) mass is 344 g/mol. The second-order valence-corrected chi connectivity index (χ2v) is 6.72. The van der Waals surface area contributed by atoms with E-state index < -0.39 is 0 Å². The number of rotatable bonds is 5. The smallest absolute Gasteiger partial charge is 0.244 e. The Morgan fingerprint density at radius 2 is 2.17 bits per heavy atom. The summed E-state index contributed by atoms with van der Waals surface area (Å²) in [6.45, 7) is 5.61. The number of hydrogen-bond acceptors (Lipinski definition) is 6. The van der Waals surface area contributed by atoms with Gasteiger partial charge in [0, 0.05) is 43.0 Å². The Kier molecular flexibility index (Phi) is 5.55. The summed E-state index contributed by atoms with van der Waals surface area (Å²) in [5, 5.41) is 3.85. The summed E-state index contributed by atoms with van der Waals surface area (Å²) in [4.78, 5) is 23.6. The van der Waals surface area contributed by atoms with Crippen LogP contribution in [0, 0.1) is 6.92 Å². The van der Waals surface area contributed by atoms with Gasteiger partial charge in [-0.3, -0.25) is 4.79 Å². The number of aryl methyl sites for hydroxylation is 1. The average molecular weight is 344 g/mol. The van der Waals surface area contributed by atoms with E-state index in [1.54, 1.807) is 29.8 Å². The van der Waals surface area contributed by atoms with Gasteiger partial charge in [0.25, 0.3) is 0 Å². The highest BCUT2D eigenvalue weighted by atomic mass is 32.1. The van der Waals surface area contributed by atoms with Crippen LogP contribution in [0.2, 0.25) is 0 Å². The van der Waals surface area contributed by atoms with Crippen molar-refractivity contribution in [3.05, 3.63) is 46.1 Å². The Hall–Kier alpha value is -2.25. The van der Waals surface area contributed by atoms with Crippen molar-refractivity contribution in [1.82, 2.24) is 15.3 Å². The summed E-state index contributed by atoms with van der Waals surface area (Å²) >= 11 is 1.56. The van der Waals surface area contributed by atoms with Crippen LogP contribution in [0.3, 0.4) is 0 Å². The number of carbonyl (C=O) groups excluding carboxylic acids is 1. The summed E-state index contributed by atoms with van der Waals surface area (Å²) in [6, 6.07) is 3.98. The van der Waals surface area contributed by atoms with Crippen LogP contribution in [-0.4, -0.2) is 42.2 Å². The van der Waals surface area contributed by atoms with Crippen molar-refractivity contribution in [3.8, 4) is 0 Å². The molecule has 0 atom stereocenters. The normalized spacial score (nSPS) is 15.0. The van der Waals surface area contributed by atoms with E-state index in [-0.39, 0.29) is 5.91 Å². The van der Waals surface area contributed by atoms with Crippen LogP contribution >= 0.6 is 11.3 Å². The van der Waals surface area contributed by atoms with Crippen molar-refractivity contribution < 1.29 is 9.53 Å². The Labute approximate surface area is 145 Å². The molecular weight excluding hydrogens is 324 g/mol. The molecule has 2 aromatic rings. The predicted octanol–water partition coefficient (Wildman–Crippen LogP) is 2.01. The lowest BCUT2D eigenvalue weighted by molar-refractivity contribution is -0.116. The fraction of sp³-hybridized carbons (Fsp3) is 0.353. The van der Waals surface area contributed by atoms with Crippen LogP contribution in [0.4, 0.5) is 5.82 Å². The minimum absolute atomic E-state index is 0.127. The van der Waals surface area contributed by atoms with Crippen molar-refractivity contribution in [2.45, 2.75) is 13.5 Å². The Morgan fingerprint density at radius 3 is 2.83 bits per heavy atom. The number of anilines is 1. The summed E-state index contributed by atoms with van der Waals surface area (Å²) in [5.74, 6) is 0.826. The van der Waals surface area contributed by atoms with Gasteiger partial charge in [0.2, 0.25) is 5.91 Å². The molecule has 2 aromatic heterocycles. The molecule has 1 aliphatic heterocycles. The van der Waals surface area contributed by atoms with Gasteiger partial charge in [-0.1, -0.05) is 6.07 Å². The maximum atomic E-state index is 11.9. The van der Waals surface area contributed by atoms with Crippen molar-refractivity contribution in [2.75, 3.05) is 31.2 Å². The molecule has 126 valence electrons. The zero-order chi connectivity index (χ0) is 16.8. The first-order chi connectivity index (χ1) is 11.7. The van der Waals surface area contributed by atoms with E-state index in [0.29, 0.717) is 6.54 Å². The summed E-state index contributed by atoms with van der Waals surface area (Å²) < 4.78 is 5.34. The lowest BCUT2D eigenvalue weighted by atomic mass is 10.2. The number of amides is 1. The highest BCUT2D eigenvalue weighted by Crippen LogP contribution is 2.14. The predicted molar refractivity (Wildman–Crippen MR) is 95.0 cm³/mol. The fourth-order valence-electron chi connectivity index (χ4n) is 2.36. The third-order valence-corrected chi connectivity index (χ3v) is 4.53. The van der Waals surface area contributed by atoms with E-state index in [0.717, 1.165) is 47.6 Å². The molecule has 7 heteroatoms. The van der Waals surface area contributed by atoms with E-state index >= 15 is 0 Å². The standard InChI is InChI=1S/C17H20N4O2S/c1-13-18-12-15(24-13)3-5-17(22)20-11-14-2-4-16(19-10-14)21-6-8-23-9-7-21/h2-5,10,12H,6-9,11H2,1H3,(H,20,22)/b5-3-. The van der Waals surface area contributed by atoms with Crippen LogP contribution < -0.4 is 10.2 Å². The summed E-state index contributed by atoms with van der Waals surface area (Å²) in [6.07, 6.45) is 6.88. The highest BCUT2D eigenvalue weighted by molar-refractivity contribution is 7.12. The van der Waals surface area contributed by atoms with Gasteiger partial charge in [-0.2, -0.15) is 0 Å². The second-order valence-electron chi connectivity index (χ2n) is 5.46. The Balaban J connectivity index is 1.49.